The lowest BCUT2D eigenvalue weighted by Crippen LogP contribution is -2.51. The van der Waals surface area contributed by atoms with E-state index >= 15 is 0 Å². The number of carbonyl (C=O) groups is 2. The van der Waals surface area contributed by atoms with Gasteiger partial charge in [-0.3, -0.25) is 13.9 Å². The number of benzene rings is 3. The van der Waals surface area contributed by atoms with Crippen LogP contribution in [0.1, 0.15) is 32.3 Å². The van der Waals surface area contributed by atoms with Gasteiger partial charge >= 0.3 is 0 Å². The van der Waals surface area contributed by atoms with Crippen LogP contribution in [0.5, 0.6) is 0 Å². The second kappa shape index (κ2) is 13.4. The minimum absolute atomic E-state index is 0.00173. The predicted octanol–water partition coefficient (Wildman–Crippen LogP) is 5.01. The van der Waals surface area contributed by atoms with Gasteiger partial charge < -0.3 is 10.2 Å². The maximum absolute atomic E-state index is 14.9. The normalized spacial score (nSPS) is 12.0. The number of hydrogen-bond donors (Lipinski definition) is 1. The molecular weight excluding hydrogens is 529 g/mol. The highest BCUT2D eigenvalue weighted by molar-refractivity contribution is 7.92. The molecule has 1 N–H and O–H groups in total. The van der Waals surface area contributed by atoms with E-state index in [9.17, 15) is 22.4 Å². The van der Waals surface area contributed by atoms with Crippen LogP contribution in [-0.4, -0.2) is 44.3 Å². The Kier molecular flexibility index (Phi) is 10.3. The molecule has 38 heavy (non-hydrogen) atoms. The minimum atomic E-state index is -4.32. The predicted molar refractivity (Wildman–Crippen MR) is 147 cm³/mol. The summed E-state index contributed by atoms with van der Waals surface area (Å²) in [7, 11) is -4.32. The number of para-hydroxylation sites is 1. The van der Waals surface area contributed by atoms with Crippen LogP contribution in [0.15, 0.2) is 83.8 Å². The molecule has 0 aliphatic carbocycles. The van der Waals surface area contributed by atoms with Crippen molar-refractivity contribution >= 4 is 39.1 Å². The first-order valence-electron chi connectivity index (χ1n) is 12.3. The van der Waals surface area contributed by atoms with E-state index in [1.165, 1.54) is 35.2 Å². The number of sulfonamides is 1. The molecular formula is C28H31ClFN3O4S. The number of nitrogens with one attached hydrogen (secondary N) is 1. The van der Waals surface area contributed by atoms with Crippen LogP contribution in [-0.2, 0) is 26.2 Å². The highest BCUT2D eigenvalue weighted by Crippen LogP contribution is 2.27. The first-order valence-corrected chi connectivity index (χ1v) is 14.1. The molecule has 0 heterocycles. The van der Waals surface area contributed by atoms with Gasteiger partial charge in [0.15, 0.2) is 0 Å². The molecule has 3 aromatic rings. The van der Waals surface area contributed by atoms with Gasteiger partial charge in [0, 0.05) is 18.1 Å². The molecule has 2 amide bonds. The third-order valence-electron chi connectivity index (χ3n) is 5.97. The van der Waals surface area contributed by atoms with Crippen molar-refractivity contribution in [2.24, 2.45) is 0 Å². The summed E-state index contributed by atoms with van der Waals surface area (Å²) < 4.78 is 42.9. The maximum Gasteiger partial charge on any atom is 0.264 e. The molecule has 0 saturated heterocycles. The summed E-state index contributed by atoms with van der Waals surface area (Å²) in [6, 6.07) is 18.7. The summed E-state index contributed by atoms with van der Waals surface area (Å²) in [4.78, 5) is 27.9. The van der Waals surface area contributed by atoms with Gasteiger partial charge in [-0.2, -0.15) is 0 Å². The first-order chi connectivity index (χ1) is 18.1. The molecule has 0 fully saturated rings. The van der Waals surface area contributed by atoms with Gasteiger partial charge in [-0.05, 0) is 55.3 Å². The summed E-state index contributed by atoms with van der Waals surface area (Å²) in [5.74, 6) is -1.85. The van der Waals surface area contributed by atoms with E-state index in [0.717, 1.165) is 23.2 Å². The van der Waals surface area contributed by atoms with Crippen LogP contribution in [0.3, 0.4) is 0 Å². The van der Waals surface area contributed by atoms with Crippen molar-refractivity contribution in [1.82, 2.24) is 10.2 Å². The maximum atomic E-state index is 14.9. The van der Waals surface area contributed by atoms with Crippen molar-refractivity contribution in [3.8, 4) is 0 Å². The lowest BCUT2D eigenvalue weighted by atomic mass is 10.1. The molecule has 0 aliphatic rings. The van der Waals surface area contributed by atoms with Gasteiger partial charge in [-0.1, -0.05) is 67.4 Å². The smallest absolute Gasteiger partial charge is 0.264 e. The van der Waals surface area contributed by atoms with E-state index in [-0.39, 0.29) is 23.0 Å². The molecule has 3 rings (SSSR count). The molecule has 0 radical (unpaired) electrons. The standard InChI is InChI=1S/C28H31ClFN3O4S/c1-3-4-17-31-28(35)21(2)32(19-22-11-10-12-23(29)18-22)27(34)20-33(26-16-9-8-15-25(26)30)38(36,37)24-13-6-5-7-14-24/h5-16,18,21H,3-4,17,19-20H2,1-2H3,(H,31,35)/t21-/m1/s1. The fourth-order valence-electron chi connectivity index (χ4n) is 3.84. The molecule has 0 aromatic heterocycles. The van der Waals surface area contributed by atoms with Crippen LogP contribution >= 0.6 is 11.6 Å². The Bertz CT molecular complexity index is 1350. The molecule has 0 spiro atoms. The Hall–Kier alpha value is -3.43. The summed E-state index contributed by atoms with van der Waals surface area (Å²) in [5.41, 5.74) is 0.384. The van der Waals surface area contributed by atoms with Gasteiger partial charge in [0.05, 0.1) is 10.6 Å². The Morgan fingerprint density at radius 2 is 1.68 bits per heavy atom. The molecule has 0 saturated carbocycles. The zero-order chi connectivity index (χ0) is 27.7. The molecule has 10 heteroatoms. The summed E-state index contributed by atoms with van der Waals surface area (Å²) in [5, 5.41) is 3.27. The van der Waals surface area contributed by atoms with Gasteiger partial charge in [-0.15, -0.1) is 0 Å². The van der Waals surface area contributed by atoms with Gasteiger partial charge in [0.25, 0.3) is 10.0 Å². The van der Waals surface area contributed by atoms with E-state index in [1.54, 1.807) is 49.4 Å². The number of hydrogen-bond acceptors (Lipinski definition) is 4. The molecule has 0 bridgehead atoms. The number of nitrogens with zero attached hydrogens (tertiary/aromatic N) is 2. The number of anilines is 1. The fraction of sp³-hybridized carbons (Fsp3) is 0.286. The van der Waals surface area contributed by atoms with E-state index in [1.807, 2.05) is 6.92 Å². The zero-order valence-electron chi connectivity index (χ0n) is 21.3. The zero-order valence-corrected chi connectivity index (χ0v) is 22.9. The number of amides is 2. The minimum Gasteiger partial charge on any atom is -0.354 e. The van der Waals surface area contributed by atoms with Crippen molar-refractivity contribution in [2.75, 3.05) is 17.4 Å². The average Bonchev–Trinajstić information content (AvgIpc) is 2.91. The molecule has 7 nitrogen and oxygen atoms in total. The van der Waals surface area contributed by atoms with E-state index < -0.39 is 34.3 Å². The average molecular weight is 560 g/mol. The van der Waals surface area contributed by atoms with E-state index in [0.29, 0.717) is 17.1 Å². The van der Waals surface area contributed by atoms with E-state index in [4.69, 9.17) is 11.6 Å². The van der Waals surface area contributed by atoms with Gasteiger partial charge in [-0.25, -0.2) is 12.8 Å². The van der Waals surface area contributed by atoms with Crippen molar-refractivity contribution in [1.29, 1.82) is 0 Å². The topological polar surface area (TPSA) is 86.8 Å². The quantitative estimate of drug-likeness (QED) is 0.316. The monoisotopic (exact) mass is 559 g/mol. The number of unbranched alkanes of at least 4 members (excludes halogenated alkanes) is 1. The number of rotatable bonds is 12. The van der Waals surface area contributed by atoms with Crippen LogP contribution in [0, 0.1) is 5.82 Å². The highest BCUT2D eigenvalue weighted by Gasteiger charge is 2.33. The summed E-state index contributed by atoms with van der Waals surface area (Å²) in [6.45, 7) is 3.30. The summed E-state index contributed by atoms with van der Waals surface area (Å²) in [6.07, 6.45) is 1.66. The molecule has 3 aromatic carbocycles. The Morgan fingerprint density at radius 1 is 1.00 bits per heavy atom. The molecule has 1 atom stereocenters. The first kappa shape index (κ1) is 29.1. The third-order valence-corrected chi connectivity index (χ3v) is 7.98. The van der Waals surface area contributed by atoms with Crippen molar-refractivity contribution in [2.45, 2.75) is 44.2 Å². The lowest BCUT2D eigenvalue weighted by molar-refractivity contribution is -0.139. The second-order valence-electron chi connectivity index (χ2n) is 8.75. The van der Waals surface area contributed by atoms with Crippen LogP contribution in [0.25, 0.3) is 0 Å². The van der Waals surface area contributed by atoms with Crippen molar-refractivity contribution in [3.63, 3.8) is 0 Å². The summed E-state index contributed by atoms with van der Waals surface area (Å²) >= 11 is 6.13. The lowest BCUT2D eigenvalue weighted by Gasteiger charge is -2.32. The molecule has 0 aliphatic heterocycles. The second-order valence-corrected chi connectivity index (χ2v) is 11.0. The fourth-order valence-corrected chi connectivity index (χ4v) is 5.49. The molecule has 202 valence electrons. The van der Waals surface area contributed by atoms with Gasteiger partial charge in [0.2, 0.25) is 11.8 Å². The Morgan fingerprint density at radius 3 is 2.34 bits per heavy atom. The van der Waals surface area contributed by atoms with Crippen molar-refractivity contribution in [3.05, 3.63) is 95.3 Å². The van der Waals surface area contributed by atoms with Crippen LogP contribution < -0.4 is 9.62 Å². The Labute approximate surface area is 228 Å². The SMILES string of the molecule is CCCCNC(=O)[C@@H](C)N(Cc1cccc(Cl)c1)C(=O)CN(c1ccccc1F)S(=O)(=O)c1ccccc1. The highest BCUT2D eigenvalue weighted by atomic mass is 35.5. The van der Waals surface area contributed by atoms with Crippen LogP contribution in [0.4, 0.5) is 10.1 Å². The van der Waals surface area contributed by atoms with Crippen molar-refractivity contribution < 1.29 is 22.4 Å². The van der Waals surface area contributed by atoms with E-state index in [2.05, 4.69) is 5.32 Å². The van der Waals surface area contributed by atoms with Gasteiger partial charge in [0.1, 0.15) is 18.4 Å². The number of halogens is 2. The Balaban J connectivity index is 2.00. The number of carbonyl (C=O) groups excluding carboxylic acids is 2. The largest absolute Gasteiger partial charge is 0.354 e. The third kappa shape index (κ3) is 7.33. The molecule has 0 unspecified atom stereocenters. The van der Waals surface area contributed by atoms with Crippen LogP contribution in [0.2, 0.25) is 5.02 Å².